The predicted octanol–water partition coefficient (Wildman–Crippen LogP) is 0.992. The van der Waals surface area contributed by atoms with Gasteiger partial charge in [0.2, 0.25) is 0 Å². The predicted molar refractivity (Wildman–Crippen MR) is 46.0 cm³/mol. The first kappa shape index (κ1) is 8.01. The van der Waals surface area contributed by atoms with Crippen molar-refractivity contribution in [2.24, 2.45) is 5.73 Å². The molecular weight excluding hydrogens is 138 g/mol. The molecule has 0 aliphatic rings. The highest BCUT2D eigenvalue weighted by molar-refractivity contribution is 5.45. The van der Waals surface area contributed by atoms with Gasteiger partial charge in [-0.1, -0.05) is 0 Å². The molecule has 0 radical (unpaired) electrons. The van der Waals surface area contributed by atoms with Crippen molar-refractivity contribution in [3.8, 4) is 0 Å². The van der Waals surface area contributed by atoms with Crippen LogP contribution in [-0.4, -0.2) is 4.98 Å². The Morgan fingerprint density at radius 2 is 2.18 bits per heavy atom. The average molecular weight is 151 g/mol. The second-order valence-corrected chi connectivity index (χ2v) is 2.72. The number of nitrogens with two attached hydrogens (primary N) is 2. The lowest BCUT2D eigenvalue weighted by Crippen LogP contribution is -2.11. The van der Waals surface area contributed by atoms with Crippen LogP contribution in [0.25, 0.3) is 0 Å². The second kappa shape index (κ2) is 2.88. The zero-order valence-electron chi connectivity index (χ0n) is 6.83. The number of nitrogens with zero attached hydrogens (tertiary/aromatic N) is 1. The minimum absolute atomic E-state index is 0.0382. The van der Waals surface area contributed by atoms with E-state index in [-0.39, 0.29) is 6.04 Å². The van der Waals surface area contributed by atoms with E-state index >= 15 is 0 Å². The lowest BCUT2D eigenvalue weighted by Gasteiger charge is -2.10. The van der Waals surface area contributed by atoms with Gasteiger partial charge in [0.05, 0.1) is 0 Å². The number of anilines is 1. The van der Waals surface area contributed by atoms with Gasteiger partial charge in [0.15, 0.2) is 0 Å². The molecule has 0 bridgehead atoms. The minimum atomic E-state index is -0.0382. The van der Waals surface area contributed by atoms with Crippen LogP contribution in [0.2, 0.25) is 0 Å². The Kier molecular flexibility index (Phi) is 2.10. The Morgan fingerprint density at radius 3 is 2.55 bits per heavy atom. The monoisotopic (exact) mass is 151 g/mol. The highest BCUT2D eigenvalue weighted by atomic mass is 14.8. The van der Waals surface area contributed by atoms with Crippen LogP contribution in [0.4, 0.5) is 5.82 Å². The van der Waals surface area contributed by atoms with Crippen LogP contribution < -0.4 is 11.5 Å². The van der Waals surface area contributed by atoms with Crippen LogP contribution >= 0.6 is 0 Å². The fourth-order valence-corrected chi connectivity index (χ4v) is 1.18. The van der Waals surface area contributed by atoms with E-state index in [4.69, 9.17) is 11.5 Å². The van der Waals surface area contributed by atoms with E-state index in [1.54, 1.807) is 6.20 Å². The van der Waals surface area contributed by atoms with Crippen molar-refractivity contribution >= 4 is 5.82 Å². The maximum absolute atomic E-state index is 5.70. The van der Waals surface area contributed by atoms with Gasteiger partial charge in [-0.2, -0.15) is 0 Å². The molecule has 4 N–H and O–H groups in total. The van der Waals surface area contributed by atoms with Crippen molar-refractivity contribution < 1.29 is 0 Å². The Balaban J connectivity index is 3.21. The first-order chi connectivity index (χ1) is 5.13. The Hall–Kier alpha value is -1.09. The average Bonchev–Trinajstić information content (AvgIpc) is 1.85. The first-order valence-electron chi connectivity index (χ1n) is 3.59. The molecule has 0 aliphatic heterocycles. The van der Waals surface area contributed by atoms with Crippen LogP contribution in [0.5, 0.6) is 0 Å². The lowest BCUT2D eigenvalue weighted by atomic mass is 10.1. The van der Waals surface area contributed by atoms with E-state index in [0.29, 0.717) is 5.82 Å². The molecule has 11 heavy (non-hydrogen) atoms. The van der Waals surface area contributed by atoms with Gasteiger partial charge < -0.3 is 11.5 Å². The van der Waals surface area contributed by atoms with Gasteiger partial charge in [0, 0.05) is 17.8 Å². The lowest BCUT2D eigenvalue weighted by molar-refractivity contribution is 0.807. The molecule has 0 fully saturated rings. The zero-order chi connectivity index (χ0) is 8.43. The molecule has 0 saturated carbocycles. The fourth-order valence-electron chi connectivity index (χ4n) is 1.18. The SMILES string of the molecule is Cc1ccnc(N)c1C(C)N. The Morgan fingerprint density at radius 1 is 1.55 bits per heavy atom. The Bertz CT molecular complexity index is 235. The van der Waals surface area contributed by atoms with Crippen LogP contribution in [0.3, 0.4) is 0 Å². The third kappa shape index (κ3) is 1.49. The number of nitrogen functional groups attached to an aromatic ring is 1. The molecule has 3 nitrogen and oxygen atoms in total. The quantitative estimate of drug-likeness (QED) is 0.629. The van der Waals surface area contributed by atoms with Gasteiger partial charge in [0.25, 0.3) is 0 Å². The number of aromatic nitrogens is 1. The topological polar surface area (TPSA) is 64.9 Å². The van der Waals surface area contributed by atoms with Gasteiger partial charge in [-0.3, -0.25) is 0 Å². The van der Waals surface area contributed by atoms with Crippen molar-refractivity contribution in [2.45, 2.75) is 19.9 Å². The normalized spacial score (nSPS) is 13.0. The van der Waals surface area contributed by atoms with Crippen molar-refractivity contribution in [3.63, 3.8) is 0 Å². The molecule has 1 aromatic heterocycles. The van der Waals surface area contributed by atoms with Crippen LogP contribution in [0.15, 0.2) is 12.3 Å². The number of hydrogen-bond acceptors (Lipinski definition) is 3. The summed E-state index contributed by atoms with van der Waals surface area (Å²) >= 11 is 0. The summed E-state index contributed by atoms with van der Waals surface area (Å²) in [6, 6.07) is 1.87. The van der Waals surface area contributed by atoms with Gasteiger partial charge in [-0.25, -0.2) is 4.98 Å². The molecule has 0 aromatic carbocycles. The zero-order valence-corrected chi connectivity index (χ0v) is 6.83. The van der Waals surface area contributed by atoms with E-state index in [9.17, 15) is 0 Å². The Labute approximate surface area is 66.4 Å². The first-order valence-corrected chi connectivity index (χ1v) is 3.59. The van der Waals surface area contributed by atoms with Gasteiger partial charge >= 0.3 is 0 Å². The van der Waals surface area contributed by atoms with Gasteiger partial charge in [0.1, 0.15) is 5.82 Å². The van der Waals surface area contributed by atoms with Crippen molar-refractivity contribution in [2.75, 3.05) is 5.73 Å². The highest BCUT2D eigenvalue weighted by Gasteiger charge is 2.07. The molecule has 1 unspecified atom stereocenters. The number of pyridine rings is 1. The molecule has 1 atom stereocenters. The molecule has 1 aromatic rings. The van der Waals surface area contributed by atoms with Gasteiger partial charge in [-0.05, 0) is 25.5 Å². The summed E-state index contributed by atoms with van der Waals surface area (Å²) in [7, 11) is 0. The summed E-state index contributed by atoms with van der Waals surface area (Å²) in [6.07, 6.45) is 1.69. The molecule has 0 amide bonds. The van der Waals surface area contributed by atoms with Crippen molar-refractivity contribution in [1.29, 1.82) is 0 Å². The van der Waals surface area contributed by atoms with Crippen LogP contribution in [0, 0.1) is 6.92 Å². The standard InChI is InChI=1S/C8H13N3/c1-5-3-4-11-8(10)7(5)6(2)9/h3-4,6H,9H2,1-2H3,(H2,10,11). The van der Waals surface area contributed by atoms with E-state index in [1.807, 2.05) is 19.9 Å². The van der Waals surface area contributed by atoms with E-state index < -0.39 is 0 Å². The molecule has 60 valence electrons. The highest BCUT2D eigenvalue weighted by Crippen LogP contribution is 2.19. The largest absolute Gasteiger partial charge is 0.383 e. The van der Waals surface area contributed by atoms with Crippen LogP contribution in [-0.2, 0) is 0 Å². The summed E-state index contributed by atoms with van der Waals surface area (Å²) in [5.74, 6) is 0.542. The van der Waals surface area contributed by atoms with Gasteiger partial charge in [-0.15, -0.1) is 0 Å². The maximum Gasteiger partial charge on any atom is 0.128 e. The minimum Gasteiger partial charge on any atom is -0.383 e. The van der Waals surface area contributed by atoms with Crippen LogP contribution in [0.1, 0.15) is 24.1 Å². The molecular formula is C8H13N3. The molecule has 0 saturated heterocycles. The molecule has 0 aliphatic carbocycles. The van der Waals surface area contributed by atoms with Crippen molar-refractivity contribution in [1.82, 2.24) is 4.98 Å². The summed E-state index contributed by atoms with van der Waals surface area (Å²) in [5.41, 5.74) is 13.4. The summed E-state index contributed by atoms with van der Waals surface area (Å²) < 4.78 is 0. The van der Waals surface area contributed by atoms with E-state index in [2.05, 4.69) is 4.98 Å². The maximum atomic E-state index is 5.70. The smallest absolute Gasteiger partial charge is 0.128 e. The molecule has 3 heteroatoms. The van der Waals surface area contributed by atoms with Crippen molar-refractivity contribution in [3.05, 3.63) is 23.4 Å². The molecule has 0 spiro atoms. The molecule has 1 heterocycles. The van der Waals surface area contributed by atoms with E-state index in [1.165, 1.54) is 0 Å². The third-order valence-electron chi connectivity index (χ3n) is 1.69. The van der Waals surface area contributed by atoms with E-state index in [0.717, 1.165) is 11.1 Å². The number of rotatable bonds is 1. The third-order valence-corrected chi connectivity index (χ3v) is 1.69. The summed E-state index contributed by atoms with van der Waals surface area (Å²) in [5, 5.41) is 0. The second-order valence-electron chi connectivity index (χ2n) is 2.72. The number of hydrogen-bond donors (Lipinski definition) is 2. The summed E-state index contributed by atoms with van der Waals surface area (Å²) in [6.45, 7) is 3.89. The molecule has 1 rings (SSSR count). The fraction of sp³-hybridized carbons (Fsp3) is 0.375. The number of aryl methyl sites for hydroxylation is 1. The summed E-state index contributed by atoms with van der Waals surface area (Å²) in [4.78, 5) is 3.96.